The fraction of sp³-hybridized carbons (Fsp3) is 0.909. The third-order valence-corrected chi connectivity index (χ3v) is 7.17. The van der Waals surface area contributed by atoms with Gasteiger partial charge in [-0.2, -0.15) is 0 Å². The lowest BCUT2D eigenvalue weighted by atomic mass is 10.1. The van der Waals surface area contributed by atoms with Gasteiger partial charge >= 0.3 is 5.97 Å². The number of unbranched alkanes of at least 4 members (excludes halogenated alkanes) is 11. The van der Waals surface area contributed by atoms with Crippen molar-refractivity contribution < 1.29 is 48.5 Å². The summed E-state index contributed by atoms with van der Waals surface area (Å²) >= 11 is 0. The summed E-state index contributed by atoms with van der Waals surface area (Å²) in [6.07, 6.45) is 18.8. The van der Waals surface area contributed by atoms with Gasteiger partial charge in [-0.3, -0.25) is 4.79 Å². The summed E-state index contributed by atoms with van der Waals surface area (Å²) in [5, 5.41) is 27.5. The molecule has 0 aromatic heterocycles. The first-order chi connectivity index (χ1) is 20.7. The van der Waals surface area contributed by atoms with Crippen molar-refractivity contribution in [3.05, 3.63) is 12.2 Å². The van der Waals surface area contributed by atoms with Gasteiger partial charge in [-0.25, -0.2) is 0 Å². The van der Waals surface area contributed by atoms with Gasteiger partial charge in [0.05, 0.1) is 59.5 Å². The molecule has 3 N–H and O–H groups in total. The van der Waals surface area contributed by atoms with E-state index in [1.54, 1.807) is 0 Å². The number of ether oxygens (including phenoxy) is 6. The lowest BCUT2D eigenvalue weighted by Gasteiger charge is -2.29. The van der Waals surface area contributed by atoms with Gasteiger partial charge in [0.25, 0.3) is 0 Å². The van der Waals surface area contributed by atoms with Crippen molar-refractivity contribution in [2.45, 2.75) is 129 Å². The Morgan fingerprint density at radius 1 is 0.791 bits per heavy atom. The summed E-state index contributed by atoms with van der Waals surface area (Å²) in [6.45, 7) is 2.87. The average molecular weight is 621 g/mol. The smallest absolute Gasteiger partial charge is 0.305 e. The molecule has 0 aliphatic carbocycles. The van der Waals surface area contributed by atoms with E-state index in [4.69, 9.17) is 33.5 Å². The minimum atomic E-state index is -0.560. The minimum Gasteiger partial charge on any atom is -0.463 e. The quantitative estimate of drug-likeness (QED) is 0.0587. The SMILES string of the molecule is C.CCCCCCCC/C=C\CCCCCCCC(=O)OCCOCC(OCCO)C1OCC(OCCO)C1OCCO. The van der Waals surface area contributed by atoms with Gasteiger partial charge in [0.1, 0.15) is 31.0 Å². The van der Waals surface area contributed by atoms with Gasteiger partial charge in [0, 0.05) is 6.42 Å². The maximum absolute atomic E-state index is 12.1. The second-order valence-corrected chi connectivity index (χ2v) is 10.8. The zero-order chi connectivity index (χ0) is 30.5. The third kappa shape index (κ3) is 22.1. The van der Waals surface area contributed by atoms with E-state index < -0.39 is 24.4 Å². The predicted octanol–water partition coefficient (Wildman–Crippen LogP) is 4.75. The number of esters is 1. The van der Waals surface area contributed by atoms with Crippen molar-refractivity contribution >= 4 is 5.97 Å². The zero-order valence-electron chi connectivity index (χ0n) is 26.1. The van der Waals surface area contributed by atoms with Crippen LogP contribution < -0.4 is 0 Å². The second kappa shape index (κ2) is 30.9. The van der Waals surface area contributed by atoms with Crippen LogP contribution in [0.4, 0.5) is 0 Å². The summed E-state index contributed by atoms with van der Waals surface area (Å²) in [6, 6.07) is 0. The van der Waals surface area contributed by atoms with E-state index in [0.29, 0.717) is 6.42 Å². The third-order valence-electron chi connectivity index (χ3n) is 7.17. The number of carbonyl (C=O) groups is 1. The predicted molar refractivity (Wildman–Crippen MR) is 168 cm³/mol. The van der Waals surface area contributed by atoms with E-state index >= 15 is 0 Å². The molecule has 1 rings (SSSR count). The number of rotatable bonds is 30. The first kappa shape index (κ1) is 41.9. The minimum absolute atomic E-state index is 0. The molecule has 0 amide bonds. The van der Waals surface area contributed by atoms with E-state index in [-0.39, 0.29) is 79.5 Å². The molecular formula is C33H64O10. The molecule has 0 spiro atoms. The maximum atomic E-state index is 12.1. The molecule has 10 nitrogen and oxygen atoms in total. The van der Waals surface area contributed by atoms with Crippen molar-refractivity contribution in [1.29, 1.82) is 0 Å². The van der Waals surface area contributed by atoms with Crippen LogP contribution in [0, 0.1) is 0 Å². The molecule has 4 atom stereocenters. The average Bonchev–Trinajstić information content (AvgIpc) is 3.40. The van der Waals surface area contributed by atoms with Crippen LogP contribution in [-0.4, -0.2) is 112 Å². The number of allylic oxidation sites excluding steroid dienone is 2. The van der Waals surface area contributed by atoms with Gasteiger partial charge in [-0.15, -0.1) is 0 Å². The normalized spacial score (nSPS) is 19.1. The Morgan fingerprint density at radius 2 is 1.40 bits per heavy atom. The van der Waals surface area contributed by atoms with Crippen molar-refractivity contribution in [3.8, 4) is 0 Å². The Morgan fingerprint density at radius 3 is 2.05 bits per heavy atom. The first-order valence-electron chi connectivity index (χ1n) is 16.3. The molecule has 43 heavy (non-hydrogen) atoms. The molecule has 1 saturated heterocycles. The molecule has 10 heteroatoms. The molecule has 256 valence electrons. The maximum Gasteiger partial charge on any atom is 0.305 e. The van der Waals surface area contributed by atoms with E-state index in [0.717, 1.165) is 25.7 Å². The monoisotopic (exact) mass is 620 g/mol. The standard InChI is InChI=1S/C32H60O10.CH4/c1-2-3-4-5-6-7-8-9-10-11-12-13-14-15-16-17-30(36)40-25-24-37-26-28(38-21-18-33)32-31(41-23-20-35)29(27-42-32)39-22-19-34;/h9-10,28-29,31-35H,2-8,11-27H2,1H3;1H4/b10-9-;. The highest BCUT2D eigenvalue weighted by Crippen LogP contribution is 2.25. The van der Waals surface area contributed by atoms with Crippen molar-refractivity contribution in [1.82, 2.24) is 0 Å². The van der Waals surface area contributed by atoms with Gasteiger partial charge in [-0.05, 0) is 32.1 Å². The number of hydrogen-bond donors (Lipinski definition) is 3. The largest absolute Gasteiger partial charge is 0.463 e. The van der Waals surface area contributed by atoms with Gasteiger partial charge < -0.3 is 43.7 Å². The second-order valence-electron chi connectivity index (χ2n) is 10.8. The Balaban J connectivity index is 0.0000176. The summed E-state index contributed by atoms with van der Waals surface area (Å²) in [5.74, 6) is -0.218. The van der Waals surface area contributed by atoms with E-state index in [1.165, 1.54) is 57.8 Å². The molecular weight excluding hydrogens is 556 g/mol. The van der Waals surface area contributed by atoms with E-state index in [9.17, 15) is 15.0 Å². The van der Waals surface area contributed by atoms with E-state index in [2.05, 4.69) is 19.1 Å². The molecule has 1 aliphatic heterocycles. The Kier molecular flexibility index (Phi) is 30.1. The Labute approximate surface area is 261 Å². The van der Waals surface area contributed by atoms with Crippen LogP contribution in [0.5, 0.6) is 0 Å². The summed E-state index contributed by atoms with van der Waals surface area (Å²) < 4.78 is 34.0. The molecule has 1 heterocycles. The molecule has 4 unspecified atom stereocenters. The topological polar surface area (TPSA) is 133 Å². The van der Waals surface area contributed by atoms with Gasteiger partial charge in [0.15, 0.2) is 0 Å². The summed E-state index contributed by atoms with van der Waals surface area (Å²) in [5.41, 5.74) is 0. The molecule has 0 aromatic rings. The van der Waals surface area contributed by atoms with Crippen molar-refractivity contribution in [2.24, 2.45) is 0 Å². The highest BCUT2D eigenvalue weighted by molar-refractivity contribution is 5.69. The van der Waals surface area contributed by atoms with Crippen LogP contribution in [-0.2, 0) is 33.2 Å². The van der Waals surface area contributed by atoms with Crippen LogP contribution in [0.2, 0.25) is 0 Å². The highest BCUT2D eigenvalue weighted by Gasteiger charge is 2.44. The molecule has 1 fully saturated rings. The van der Waals surface area contributed by atoms with Gasteiger partial charge in [0.2, 0.25) is 0 Å². The molecule has 0 bridgehead atoms. The van der Waals surface area contributed by atoms with E-state index in [1.807, 2.05) is 0 Å². The van der Waals surface area contributed by atoms with Crippen molar-refractivity contribution in [2.75, 3.05) is 66.1 Å². The highest BCUT2D eigenvalue weighted by atomic mass is 16.6. The molecule has 0 saturated carbocycles. The van der Waals surface area contributed by atoms with Crippen LogP contribution in [0.25, 0.3) is 0 Å². The summed E-state index contributed by atoms with van der Waals surface area (Å²) in [4.78, 5) is 12.1. The fourth-order valence-electron chi connectivity index (χ4n) is 4.93. The fourth-order valence-corrected chi connectivity index (χ4v) is 4.93. The number of carbonyl (C=O) groups excluding carboxylic acids is 1. The number of aliphatic hydroxyl groups is 3. The molecule has 0 aromatic carbocycles. The molecule has 0 radical (unpaired) electrons. The van der Waals surface area contributed by atoms with Gasteiger partial charge in [-0.1, -0.05) is 77.9 Å². The lowest BCUT2D eigenvalue weighted by Crippen LogP contribution is -2.45. The van der Waals surface area contributed by atoms with Crippen LogP contribution in [0.3, 0.4) is 0 Å². The summed E-state index contributed by atoms with van der Waals surface area (Å²) in [7, 11) is 0. The molecule has 1 aliphatic rings. The van der Waals surface area contributed by atoms with Crippen LogP contribution in [0.15, 0.2) is 12.2 Å². The Hall–Kier alpha value is -1.11. The van der Waals surface area contributed by atoms with Crippen LogP contribution in [0.1, 0.15) is 104 Å². The number of hydrogen-bond acceptors (Lipinski definition) is 10. The number of aliphatic hydroxyl groups excluding tert-OH is 3. The zero-order valence-corrected chi connectivity index (χ0v) is 26.1. The Bertz CT molecular complexity index is 633. The first-order valence-corrected chi connectivity index (χ1v) is 16.3. The lowest BCUT2D eigenvalue weighted by molar-refractivity contribution is -0.149. The van der Waals surface area contributed by atoms with Crippen LogP contribution >= 0.6 is 0 Å². The van der Waals surface area contributed by atoms with Crippen molar-refractivity contribution in [3.63, 3.8) is 0 Å².